The van der Waals surface area contributed by atoms with E-state index in [0.717, 1.165) is 6.54 Å². The molecule has 2 N–H and O–H groups in total. The Morgan fingerprint density at radius 2 is 0.826 bits per heavy atom. The van der Waals surface area contributed by atoms with Gasteiger partial charge in [-0.1, -0.05) is 193 Å². The van der Waals surface area contributed by atoms with Gasteiger partial charge in [0.1, 0.15) is 5.75 Å². The van der Waals surface area contributed by atoms with Crippen LogP contribution in [0, 0.1) is 0 Å². The van der Waals surface area contributed by atoms with Crippen molar-refractivity contribution >= 4 is 18.3 Å². The molecule has 0 aliphatic heterocycles. The lowest BCUT2D eigenvalue weighted by atomic mass is 10.0. The van der Waals surface area contributed by atoms with Gasteiger partial charge in [-0.2, -0.15) is 0 Å². The molecule has 5 heteroatoms. The van der Waals surface area contributed by atoms with E-state index in [0.29, 0.717) is 5.75 Å². The molecule has 0 bridgehead atoms. The first kappa shape index (κ1) is 44.7. The second-order valence-electron chi connectivity index (χ2n) is 13.9. The van der Waals surface area contributed by atoms with Gasteiger partial charge < -0.3 is 10.5 Å². The third-order valence-corrected chi connectivity index (χ3v) is 9.37. The molecule has 46 heavy (non-hydrogen) atoms. The van der Waals surface area contributed by atoms with Crippen LogP contribution in [0.15, 0.2) is 24.3 Å². The Morgan fingerprint density at radius 1 is 0.522 bits per heavy atom. The summed E-state index contributed by atoms with van der Waals surface area (Å²) >= 11 is 0. The number of hydrogen-bond donors (Lipinski definition) is 1. The fourth-order valence-electron chi connectivity index (χ4n) is 6.43. The van der Waals surface area contributed by atoms with E-state index in [2.05, 4.69) is 30.9 Å². The number of amides is 1. The van der Waals surface area contributed by atoms with Gasteiger partial charge in [0.2, 0.25) is 0 Å². The van der Waals surface area contributed by atoms with Crippen LogP contribution in [0.4, 0.5) is 0 Å². The molecule has 0 aliphatic carbocycles. The van der Waals surface area contributed by atoms with Crippen molar-refractivity contribution in [3.05, 3.63) is 29.8 Å². The predicted molar refractivity (Wildman–Crippen MR) is 204 cm³/mol. The molecular weight excluding hydrogens is 588 g/mol. The topological polar surface area (TPSA) is 55.6 Å². The molecule has 1 rings (SSSR count). The van der Waals surface area contributed by atoms with Crippen LogP contribution in [0.25, 0.3) is 0 Å². The Hall–Kier alpha value is -1.26. The van der Waals surface area contributed by atoms with Crippen molar-refractivity contribution in [2.24, 2.45) is 5.73 Å². The highest BCUT2D eigenvalue weighted by Crippen LogP contribution is 2.17. The number of ether oxygens (including phenoxy) is 1. The van der Waals surface area contributed by atoms with Crippen LogP contribution in [0.3, 0.4) is 0 Å². The van der Waals surface area contributed by atoms with Crippen molar-refractivity contribution in [1.82, 2.24) is 4.90 Å². The van der Waals surface area contributed by atoms with Gasteiger partial charge in [0, 0.05) is 6.54 Å². The Labute approximate surface area is 293 Å². The zero-order chi connectivity index (χ0) is 32.5. The van der Waals surface area contributed by atoms with Crippen molar-refractivity contribution in [3.63, 3.8) is 0 Å². The summed E-state index contributed by atoms with van der Waals surface area (Å²) in [5.74, 6) is 0.273. The van der Waals surface area contributed by atoms with Gasteiger partial charge in [-0.15, -0.1) is 12.4 Å². The summed E-state index contributed by atoms with van der Waals surface area (Å²) in [4.78, 5) is 13.7. The van der Waals surface area contributed by atoms with Gasteiger partial charge in [-0.05, 0) is 43.6 Å². The van der Waals surface area contributed by atoms with E-state index < -0.39 is 5.91 Å². The standard InChI is InChI=1S/C41H76N2O2.ClH/c1-3-5-7-9-11-13-15-17-19-21-23-25-27-29-35-43(37-39-31-33-40(34-32-39)45-38-41(42)44)36-30-28-26-24-22-20-18-16-14-12-10-8-6-4-2;/h31-34H,3-30,35-38H2,1-2H3,(H2,42,44);1H. The number of benzene rings is 1. The lowest BCUT2D eigenvalue weighted by molar-refractivity contribution is -0.119. The number of unbranched alkanes of at least 4 members (excludes halogenated alkanes) is 26. The van der Waals surface area contributed by atoms with Crippen LogP contribution >= 0.6 is 12.4 Å². The summed E-state index contributed by atoms with van der Waals surface area (Å²) in [7, 11) is 0. The molecule has 4 nitrogen and oxygen atoms in total. The van der Waals surface area contributed by atoms with Crippen LogP contribution in [-0.2, 0) is 11.3 Å². The second kappa shape index (κ2) is 35.1. The maximum absolute atomic E-state index is 11.0. The van der Waals surface area contributed by atoms with Gasteiger partial charge in [-0.25, -0.2) is 0 Å². The minimum Gasteiger partial charge on any atom is -0.484 e. The lowest BCUT2D eigenvalue weighted by Gasteiger charge is -2.23. The predicted octanol–water partition coefficient (Wildman–Crippen LogP) is 12.7. The van der Waals surface area contributed by atoms with Gasteiger partial charge in [0.15, 0.2) is 6.61 Å². The van der Waals surface area contributed by atoms with Crippen molar-refractivity contribution in [3.8, 4) is 5.75 Å². The molecule has 1 aromatic rings. The number of carbonyl (C=O) groups is 1. The Kier molecular flexibility index (Phi) is 34.1. The van der Waals surface area contributed by atoms with Gasteiger partial charge >= 0.3 is 0 Å². The van der Waals surface area contributed by atoms with Gasteiger partial charge in [-0.3, -0.25) is 9.69 Å². The highest BCUT2D eigenvalue weighted by atomic mass is 35.5. The van der Waals surface area contributed by atoms with E-state index in [9.17, 15) is 4.79 Å². The van der Waals surface area contributed by atoms with Crippen LogP contribution in [-0.4, -0.2) is 30.5 Å². The first-order valence-electron chi connectivity index (χ1n) is 19.9. The highest BCUT2D eigenvalue weighted by molar-refractivity contribution is 5.85. The zero-order valence-corrected chi connectivity index (χ0v) is 31.5. The Balaban J connectivity index is 0.0000202. The monoisotopic (exact) mass is 665 g/mol. The van der Waals surface area contributed by atoms with Crippen molar-refractivity contribution in [1.29, 1.82) is 0 Å². The second-order valence-corrected chi connectivity index (χ2v) is 13.9. The van der Waals surface area contributed by atoms with E-state index in [-0.39, 0.29) is 19.0 Å². The third kappa shape index (κ3) is 30.1. The number of nitrogens with zero attached hydrogens (tertiary/aromatic N) is 1. The quantitative estimate of drug-likeness (QED) is 0.0734. The van der Waals surface area contributed by atoms with E-state index in [1.54, 1.807) is 0 Å². The molecule has 0 saturated carbocycles. The zero-order valence-electron chi connectivity index (χ0n) is 30.7. The molecule has 0 fully saturated rings. The normalized spacial score (nSPS) is 11.2. The summed E-state index contributed by atoms with van der Waals surface area (Å²) in [6.07, 6.45) is 39.4. The molecule has 0 atom stereocenters. The number of carbonyl (C=O) groups excluding carboxylic acids is 1. The minimum atomic E-state index is -0.438. The van der Waals surface area contributed by atoms with Crippen LogP contribution in [0.5, 0.6) is 5.75 Å². The molecular formula is C41H77ClN2O2. The average Bonchev–Trinajstić information content (AvgIpc) is 3.04. The van der Waals surface area contributed by atoms with Crippen LogP contribution in [0.2, 0.25) is 0 Å². The van der Waals surface area contributed by atoms with Crippen LogP contribution < -0.4 is 10.5 Å². The molecule has 0 radical (unpaired) electrons. The summed E-state index contributed by atoms with van der Waals surface area (Å²) in [5.41, 5.74) is 6.53. The van der Waals surface area contributed by atoms with Gasteiger partial charge in [0.05, 0.1) is 0 Å². The number of halogens is 1. The van der Waals surface area contributed by atoms with Gasteiger partial charge in [0.25, 0.3) is 5.91 Å². The van der Waals surface area contributed by atoms with E-state index in [1.807, 2.05) is 12.1 Å². The number of hydrogen-bond acceptors (Lipinski definition) is 3. The maximum atomic E-state index is 11.0. The smallest absolute Gasteiger partial charge is 0.255 e. The van der Waals surface area contributed by atoms with E-state index in [4.69, 9.17) is 10.5 Å². The summed E-state index contributed by atoms with van der Waals surface area (Å²) in [6, 6.07) is 8.21. The molecule has 0 saturated heterocycles. The summed E-state index contributed by atoms with van der Waals surface area (Å²) in [5, 5.41) is 0. The fraction of sp³-hybridized carbons (Fsp3) is 0.829. The maximum Gasteiger partial charge on any atom is 0.255 e. The molecule has 1 amide bonds. The SMILES string of the molecule is CCCCCCCCCCCCCCCCN(CCCCCCCCCCCCCCCC)Cc1ccc(OCC(N)=O)cc1.Cl. The largest absolute Gasteiger partial charge is 0.484 e. The number of rotatable bonds is 35. The molecule has 0 spiro atoms. The average molecular weight is 666 g/mol. The Bertz CT molecular complexity index is 725. The molecule has 0 aliphatic rings. The van der Waals surface area contributed by atoms with Crippen molar-refractivity contribution < 1.29 is 9.53 Å². The van der Waals surface area contributed by atoms with Crippen LogP contribution in [0.1, 0.15) is 199 Å². The molecule has 0 aromatic heterocycles. The molecule has 0 heterocycles. The molecule has 0 unspecified atom stereocenters. The first-order valence-corrected chi connectivity index (χ1v) is 19.9. The highest BCUT2D eigenvalue weighted by Gasteiger charge is 2.07. The number of primary amides is 1. The van der Waals surface area contributed by atoms with E-state index >= 15 is 0 Å². The number of nitrogens with two attached hydrogens (primary N) is 1. The summed E-state index contributed by atoms with van der Waals surface area (Å²) < 4.78 is 5.45. The molecule has 270 valence electrons. The Morgan fingerprint density at radius 3 is 1.13 bits per heavy atom. The van der Waals surface area contributed by atoms with Crippen molar-refractivity contribution in [2.45, 2.75) is 200 Å². The fourth-order valence-corrected chi connectivity index (χ4v) is 6.43. The molecule has 1 aromatic carbocycles. The third-order valence-electron chi connectivity index (χ3n) is 9.37. The first-order chi connectivity index (χ1) is 22.2. The summed E-state index contributed by atoms with van der Waals surface area (Å²) in [6.45, 7) is 7.90. The van der Waals surface area contributed by atoms with Crippen molar-refractivity contribution in [2.75, 3.05) is 19.7 Å². The van der Waals surface area contributed by atoms with E-state index in [1.165, 1.54) is 198 Å². The lowest BCUT2D eigenvalue weighted by Crippen LogP contribution is -2.25. The minimum absolute atomic E-state index is 0.